The van der Waals surface area contributed by atoms with E-state index in [1.165, 1.54) is 56.1 Å². The van der Waals surface area contributed by atoms with Crippen molar-refractivity contribution in [1.82, 2.24) is 15.2 Å². The molecular formula is C16H28N4S. The van der Waals surface area contributed by atoms with Crippen LogP contribution in [0.1, 0.15) is 51.3 Å². The molecular weight excluding hydrogens is 280 g/mol. The van der Waals surface area contributed by atoms with Crippen molar-refractivity contribution in [3.8, 4) is 0 Å². The number of hydrogen-bond donors (Lipinski definition) is 1. The Labute approximate surface area is 132 Å². The van der Waals surface area contributed by atoms with Crippen LogP contribution in [0.25, 0.3) is 0 Å². The lowest BCUT2D eigenvalue weighted by Gasteiger charge is -2.25. The molecule has 0 saturated carbocycles. The van der Waals surface area contributed by atoms with E-state index in [4.69, 9.17) is 4.98 Å². The molecule has 1 aromatic rings. The Balaban J connectivity index is 1.64. The average Bonchev–Trinajstić information content (AvgIpc) is 3.10. The van der Waals surface area contributed by atoms with Crippen molar-refractivity contribution < 1.29 is 0 Å². The number of nitrogens with zero attached hydrogens (tertiary/aromatic N) is 3. The molecule has 0 spiro atoms. The minimum absolute atomic E-state index is 0.366. The van der Waals surface area contributed by atoms with Crippen LogP contribution in [0.4, 0.5) is 5.13 Å². The van der Waals surface area contributed by atoms with Crippen LogP contribution >= 0.6 is 11.3 Å². The first kappa shape index (κ1) is 15.3. The molecule has 2 atom stereocenters. The van der Waals surface area contributed by atoms with E-state index in [2.05, 4.69) is 34.3 Å². The van der Waals surface area contributed by atoms with Crippen molar-refractivity contribution in [3.05, 3.63) is 11.1 Å². The zero-order chi connectivity index (χ0) is 14.7. The van der Waals surface area contributed by atoms with E-state index < -0.39 is 0 Å². The van der Waals surface area contributed by atoms with Gasteiger partial charge in [-0.25, -0.2) is 4.98 Å². The molecule has 2 aliphatic rings. The highest BCUT2D eigenvalue weighted by Crippen LogP contribution is 2.28. The van der Waals surface area contributed by atoms with Gasteiger partial charge in [-0.15, -0.1) is 11.3 Å². The predicted octanol–water partition coefficient (Wildman–Crippen LogP) is 2.88. The number of hydrogen-bond acceptors (Lipinski definition) is 5. The molecule has 0 aromatic carbocycles. The number of thiazole rings is 1. The maximum Gasteiger partial charge on any atom is 0.185 e. The molecule has 3 rings (SSSR count). The van der Waals surface area contributed by atoms with E-state index in [0.29, 0.717) is 6.04 Å². The summed E-state index contributed by atoms with van der Waals surface area (Å²) >= 11 is 1.82. The molecule has 118 valence electrons. The molecule has 0 radical (unpaired) electrons. The number of nitrogens with one attached hydrogen (secondary N) is 1. The quantitative estimate of drug-likeness (QED) is 0.906. The Bertz CT molecular complexity index is 447. The second-order valence-electron chi connectivity index (χ2n) is 6.36. The first-order chi connectivity index (χ1) is 10.3. The van der Waals surface area contributed by atoms with E-state index in [9.17, 15) is 0 Å². The molecule has 5 heteroatoms. The summed E-state index contributed by atoms with van der Waals surface area (Å²) in [4.78, 5) is 10.1. The van der Waals surface area contributed by atoms with Gasteiger partial charge < -0.3 is 10.2 Å². The third-order valence-corrected chi connectivity index (χ3v) is 5.65. The molecule has 2 unspecified atom stereocenters. The number of rotatable bonds is 5. The molecule has 2 aliphatic heterocycles. The molecule has 3 heterocycles. The predicted molar refractivity (Wildman–Crippen MR) is 90.2 cm³/mol. The molecule has 4 nitrogen and oxygen atoms in total. The van der Waals surface area contributed by atoms with Crippen LogP contribution in [0.5, 0.6) is 0 Å². The minimum Gasteiger partial charge on any atom is -0.346 e. The lowest BCUT2D eigenvalue weighted by atomic mass is 10.2. The fraction of sp³-hybridized carbons (Fsp3) is 0.812. The highest BCUT2D eigenvalue weighted by Gasteiger charge is 2.29. The normalized spacial score (nSPS) is 24.9. The highest BCUT2D eigenvalue weighted by molar-refractivity contribution is 7.13. The summed E-state index contributed by atoms with van der Waals surface area (Å²) in [5.41, 5.74) is 1.20. The van der Waals surface area contributed by atoms with Crippen LogP contribution in [0.2, 0.25) is 0 Å². The third kappa shape index (κ3) is 3.58. The molecule has 0 amide bonds. The summed E-state index contributed by atoms with van der Waals surface area (Å²) in [6.07, 6.45) is 5.18. The topological polar surface area (TPSA) is 31.4 Å². The zero-order valence-corrected chi connectivity index (χ0v) is 14.2. The zero-order valence-electron chi connectivity index (χ0n) is 13.3. The van der Waals surface area contributed by atoms with Crippen molar-refractivity contribution in [2.24, 2.45) is 0 Å². The van der Waals surface area contributed by atoms with E-state index in [1.807, 2.05) is 11.3 Å². The Kier molecular flexibility index (Phi) is 5.14. The van der Waals surface area contributed by atoms with Gasteiger partial charge in [0.2, 0.25) is 0 Å². The first-order valence-electron chi connectivity index (χ1n) is 8.45. The van der Waals surface area contributed by atoms with E-state index in [1.54, 1.807) is 0 Å². The smallest absolute Gasteiger partial charge is 0.185 e. The van der Waals surface area contributed by atoms with E-state index >= 15 is 0 Å². The summed E-state index contributed by atoms with van der Waals surface area (Å²) in [6.45, 7) is 10.4. The van der Waals surface area contributed by atoms with Crippen LogP contribution in [0, 0.1) is 0 Å². The highest BCUT2D eigenvalue weighted by atomic mass is 32.1. The molecule has 2 saturated heterocycles. The van der Waals surface area contributed by atoms with Gasteiger partial charge in [0.05, 0.1) is 5.69 Å². The maximum atomic E-state index is 4.91. The molecule has 0 bridgehead atoms. The summed E-state index contributed by atoms with van der Waals surface area (Å²) in [5, 5.41) is 6.99. The second kappa shape index (κ2) is 7.07. The van der Waals surface area contributed by atoms with E-state index in [-0.39, 0.29) is 0 Å². The number of anilines is 1. The first-order valence-corrected chi connectivity index (χ1v) is 9.33. The van der Waals surface area contributed by atoms with Crippen LogP contribution in [0.3, 0.4) is 0 Å². The molecule has 21 heavy (non-hydrogen) atoms. The van der Waals surface area contributed by atoms with Gasteiger partial charge in [0.15, 0.2) is 5.13 Å². The Morgan fingerprint density at radius 1 is 1.38 bits per heavy atom. The Hall–Kier alpha value is -0.650. The SMILES string of the molecule is CCCNC(C)c1csc(N2CCCN3CCCC3C2)n1. The van der Waals surface area contributed by atoms with Gasteiger partial charge in [0.25, 0.3) is 0 Å². The van der Waals surface area contributed by atoms with Crippen LogP contribution in [-0.2, 0) is 0 Å². The van der Waals surface area contributed by atoms with Gasteiger partial charge in [0, 0.05) is 37.1 Å². The van der Waals surface area contributed by atoms with Gasteiger partial charge in [-0.05, 0) is 45.7 Å². The van der Waals surface area contributed by atoms with Crippen molar-refractivity contribution in [2.45, 2.75) is 51.6 Å². The molecule has 1 N–H and O–H groups in total. The fourth-order valence-electron chi connectivity index (χ4n) is 3.47. The van der Waals surface area contributed by atoms with Crippen molar-refractivity contribution in [2.75, 3.05) is 37.6 Å². The summed E-state index contributed by atoms with van der Waals surface area (Å²) < 4.78 is 0. The summed E-state index contributed by atoms with van der Waals surface area (Å²) in [5.74, 6) is 0. The lowest BCUT2D eigenvalue weighted by Crippen LogP contribution is -2.36. The molecule has 2 fully saturated rings. The fourth-order valence-corrected chi connectivity index (χ4v) is 4.42. The van der Waals surface area contributed by atoms with Crippen molar-refractivity contribution >= 4 is 16.5 Å². The summed E-state index contributed by atoms with van der Waals surface area (Å²) in [6, 6.07) is 1.13. The second-order valence-corrected chi connectivity index (χ2v) is 7.20. The Morgan fingerprint density at radius 2 is 2.24 bits per heavy atom. The van der Waals surface area contributed by atoms with Crippen LogP contribution in [-0.4, -0.2) is 48.6 Å². The third-order valence-electron chi connectivity index (χ3n) is 4.73. The van der Waals surface area contributed by atoms with Crippen LogP contribution in [0.15, 0.2) is 5.38 Å². The standard InChI is InChI=1S/C16H28N4S/c1-3-7-17-13(2)15-12-21-16(18-15)20-10-5-9-19-8-4-6-14(19)11-20/h12-14,17H,3-11H2,1-2H3. The monoisotopic (exact) mass is 308 g/mol. The number of aromatic nitrogens is 1. The van der Waals surface area contributed by atoms with Gasteiger partial charge in [-0.3, -0.25) is 4.90 Å². The average molecular weight is 308 g/mol. The van der Waals surface area contributed by atoms with Gasteiger partial charge in [0.1, 0.15) is 0 Å². The Morgan fingerprint density at radius 3 is 3.10 bits per heavy atom. The van der Waals surface area contributed by atoms with Gasteiger partial charge >= 0.3 is 0 Å². The number of fused-ring (bicyclic) bond motifs is 1. The van der Waals surface area contributed by atoms with Crippen molar-refractivity contribution in [3.63, 3.8) is 0 Å². The van der Waals surface area contributed by atoms with Gasteiger partial charge in [-0.2, -0.15) is 0 Å². The summed E-state index contributed by atoms with van der Waals surface area (Å²) in [7, 11) is 0. The van der Waals surface area contributed by atoms with Crippen molar-refractivity contribution in [1.29, 1.82) is 0 Å². The van der Waals surface area contributed by atoms with Gasteiger partial charge in [-0.1, -0.05) is 6.92 Å². The van der Waals surface area contributed by atoms with E-state index in [0.717, 1.165) is 19.1 Å². The molecule has 1 aromatic heterocycles. The largest absolute Gasteiger partial charge is 0.346 e. The molecule has 0 aliphatic carbocycles. The lowest BCUT2D eigenvalue weighted by molar-refractivity contribution is 0.273. The maximum absolute atomic E-state index is 4.91. The minimum atomic E-state index is 0.366. The van der Waals surface area contributed by atoms with Crippen LogP contribution < -0.4 is 10.2 Å².